The average molecular weight is 357 g/mol. The molecule has 3 rings (SSSR count). The van der Waals surface area contributed by atoms with E-state index in [1.54, 1.807) is 24.3 Å². The molecule has 0 radical (unpaired) electrons. The molecule has 0 atom stereocenters. The van der Waals surface area contributed by atoms with Gasteiger partial charge < -0.3 is 4.98 Å². The molecule has 0 saturated heterocycles. The number of nitrogens with zero attached hydrogens (tertiary/aromatic N) is 2. The van der Waals surface area contributed by atoms with Crippen molar-refractivity contribution in [2.75, 3.05) is 0 Å². The van der Waals surface area contributed by atoms with E-state index in [-0.39, 0.29) is 11.6 Å². The van der Waals surface area contributed by atoms with Crippen molar-refractivity contribution < 1.29 is 9.72 Å². The Balaban J connectivity index is 1.74. The largest absolute Gasteiger partial charge is 0.350 e. The second kappa shape index (κ2) is 6.74. The van der Waals surface area contributed by atoms with E-state index in [1.807, 2.05) is 13.0 Å². The number of halogens is 1. The number of fused-ring (bicyclic) bond motifs is 1. The van der Waals surface area contributed by atoms with E-state index < -0.39 is 4.92 Å². The number of nitrogens with one attached hydrogen (secondary N) is 2. The lowest BCUT2D eigenvalue weighted by Gasteiger charge is -1.99. The Hall–Kier alpha value is -3.19. The highest BCUT2D eigenvalue weighted by Crippen LogP contribution is 2.24. The molecule has 0 aliphatic carbocycles. The van der Waals surface area contributed by atoms with Gasteiger partial charge in [-0.3, -0.25) is 14.9 Å². The van der Waals surface area contributed by atoms with Crippen LogP contribution < -0.4 is 5.43 Å². The molecule has 2 N–H and O–H groups in total. The van der Waals surface area contributed by atoms with Crippen molar-refractivity contribution >= 4 is 40.3 Å². The molecular weight excluding hydrogens is 344 g/mol. The van der Waals surface area contributed by atoms with Gasteiger partial charge in [0.15, 0.2) is 0 Å². The molecule has 3 aromatic rings. The molecule has 2 aromatic carbocycles. The summed E-state index contributed by atoms with van der Waals surface area (Å²) in [5.74, 6) is -0.386. The van der Waals surface area contributed by atoms with Crippen LogP contribution >= 0.6 is 11.6 Å². The number of non-ortho nitro benzene ring substituents is 1. The van der Waals surface area contributed by atoms with E-state index in [0.29, 0.717) is 16.3 Å². The molecular formula is C17H13ClN4O3. The quantitative estimate of drug-likeness (QED) is 0.422. The van der Waals surface area contributed by atoms with Crippen molar-refractivity contribution in [3.05, 3.63) is 74.4 Å². The zero-order valence-corrected chi connectivity index (χ0v) is 13.9. The number of carbonyl (C=O) groups is 1. The number of hydrogen-bond acceptors (Lipinski definition) is 4. The highest BCUT2D eigenvalue weighted by molar-refractivity contribution is 6.31. The SMILES string of the molecule is Cc1c(C(=O)N/N=C/c2ccc([N+](=O)[O-])cc2)[nH]c2ccc(Cl)cc12. The normalized spacial score (nSPS) is 11.1. The van der Waals surface area contributed by atoms with Gasteiger partial charge in [0.05, 0.1) is 11.1 Å². The van der Waals surface area contributed by atoms with E-state index in [4.69, 9.17) is 11.6 Å². The number of hydrazone groups is 1. The van der Waals surface area contributed by atoms with Crippen molar-refractivity contribution in [3.8, 4) is 0 Å². The number of H-pyrrole nitrogens is 1. The molecule has 0 aliphatic rings. The number of nitro groups is 1. The standard InChI is InChI=1S/C17H13ClN4O3/c1-10-14-8-12(18)4-7-15(14)20-16(10)17(23)21-19-9-11-2-5-13(6-3-11)22(24)25/h2-9,20H,1H3,(H,21,23)/b19-9+. The molecule has 7 nitrogen and oxygen atoms in total. The highest BCUT2D eigenvalue weighted by Gasteiger charge is 2.14. The summed E-state index contributed by atoms with van der Waals surface area (Å²) >= 11 is 5.98. The first-order chi connectivity index (χ1) is 12.0. The Morgan fingerprint density at radius 3 is 2.68 bits per heavy atom. The lowest BCUT2D eigenvalue weighted by Crippen LogP contribution is -2.18. The Kier molecular flexibility index (Phi) is 4.49. The molecule has 126 valence electrons. The van der Waals surface area contributed by atoms with Gasteiger partial charge in [0.25, 0.3) is 11.6 Å². The number of hydrogen-bond donors (Lipinski definition) is 2. The maximum Gasteiger partial charge on any atom is 0.288 e. The van der Waals surface area contributed by atoms with Gasteiger partial charge in [0, 0.05) is 28.1 Å². The summed E-state index contributed by atoms with van der Waals surface area (Å²) in [5, 5.41) is 16.0. The van der Waals surface area contributed by atoms with Crippen LogP contribution in [0.15, 0.2) is 47.6 Å². The molecule has 8 heteroatoms. The van der Waals surface area contributed by atoms with Gasteiger partial charge in [-0.15, -0.1) is 0 Å². The van der Waals surface area contributed by atoms with Crippen molar-refractivity contribution in [3.63, 3.8) is 0 Å². The maximum absolute atomic E-state index is 12.3. The van der Waals surface area contributed by atoms with E-state index in [1.165, 1.54) is 18.3 Å². The molecule has 25 heavy (non-hydrogen) atoms. The second-order valence-corrected chi connectivity index (χ2v) is 5.80. The zero-order chi connectivity index (χ0) is 18.0. The Labute approximate surface area is 147 Å². The van der Waals surface area contributed by atoms with Crippen LogP contribution in [0.2, 0.25) is 5.02 Å². The first kappa shape index (κ1) is 16.7. The van der Waals surface area contributed by atoms with Crippen LogP contribution in [0, 0.1) is 17.0 Å². The van der Waals surface area contributed by atoms with Crippen LogP contribution in [0.25, 0.3) is 10.9 Å². The lowest BCUT2D eigenvalue weighted by molar-refractivity contribution is -0.384. The van der Waals surface area contributed by atoms with Gasteiger partial charge in [-0.1, -0.05) is 11.6 Å². The molecule has 1 amide bonds. The lowest BCUT2D eigenvalue weighted by atomic mass is 10.1. The van der Waals surface area contributed by atoms with Gasteiger partial charge in [0.2, 0.25) is 0 Å². The van der Waals surface area contributed by atoms with Crippen LogP contribution in [-0.4, -0.2) is 22.0 Å². The number of aromatic amines is 1. The van der Waals surface area contributed by atoms with Crippen molar-refractivity contribution in [2.24, 2.45) is 5.10 Å². The number of rotatable bonds is 4. The number of aryl methyl sites for hydroxylation is 1. The summed E-state index contributed by atoms with van der Waals surface area (Å²) in [4.78, 5) is 25.4. The summed E-state index contributed by atoms with van der Waals surface area (Å²) in [5.41, 5.74) is 5.05. The first-order valence-corrected chi connectivity index (χ1v) is 7.69. The van der Waals surface area contributed by atoms with Crippen LogP contribution in [0.5, 0.6) is 0 Å². The van der Waals surface area contributed by atoms with Crippen molar-refractivity contribution in [1.82, 2.24) is 10.4 Å². The summed E-state index contributed by atoms with van der Waals surface area (Å²) in [7, 11) is 0. The molecule has 0 spiro atoms. The van der Waals surface area contributed by atoms with E-state index in [0.717, 1.165) is 16.5 Å². The summed E-state index contributed by atoms with van der Waals surface area (Å²) < 4.78 is 0. The average Bonchev–Trinajstić information content (AvgIpc) is 2.92. The predicted octanol–water partition coefficient (Wildman–Crippen LogP) is 3.80. The van der Waals surface area contributed by atoms with Gasteiger partial charge in [-0.25, -0.2) is 5.43 Å². The van der Waals surface area contributed by atoms with Crippen molar-refractivity contribution in [2.45, 2.75) is 6.92 Å². The molecule has 0 fully saturated rings. The van der Waals surface area contributed by atoms with Gasteiger partial charge in [0.1, 0.15) is 5.69 Å². The smallest absolute Gasteiger partial charge is 0.288 e. The Morgan fingerprint density at radius 2 is 2.00 bits per heavy atom. The number of nitro benzene ring substituents is 1. The van der Waals surface area contributed by atoms with Gasteiger partial charge >= 0.3 is 0 Å². The third-order valence-corrected chi connectivity index (χ3v) is 3.97. The molecule has 1 heterocycles. The van der Waals surface area contributed by atoms with Crippen molar-refractivity contribution in [1.29, 1.82) is 0 Å². The fraction of sp³-hybridized carbons (Fsp3) is 0.0588. The van der Waals surface area contributed by atoms with Gasteiger partial charge in [-0.2, -0.15) is 5.10 Å². The zero-order valence-electron chi connectivity index (χ0n) is 13.1. The fourth-order valence-electron chi connectivity index (χ4n) is 2.43. The van der Waals surface area contributed by atoms with Crippen LogP contribution in [0.3, 0.4) is 0 Å². The maximum atomic E-state index is 12.3. The second-order valence-electron chi connectivity index (χ2n) is 5.36. The number of benzene rings is 2. The number of aromatic nitrogens is 1. The summed E-state index contributed by atoms with van der Waals surface area (Å²) in [6, 6.07) is 11.2. The topological polar surface area (TPSA) is 100 Å². The minimum atomic E-state index is -0.479. The predicted molar refractivity (Wildman–Crippen MR) is 96.2 cm³/mol. The number of carbonyl (C=O) groups excluding carboxylic acids is 1. The highest BCUT2D eigenvalue weighted by atomic mass is 35.5. The third kappa shape index (κ3) is 3.51. The molecule has 0 saturated carbocycles. The third-order valence-electron chi connectivity index (χ3n) is 3.73. The molecule has 0 aliphatic heterocycles. The van der Waals surface area contributed by atoms with E-state index >= 15 is 0 Å². The van der Waals surface area contributed by atoms with Crippen LogP contribution in [0.1, 0.15) is 21.6 Å². The van der Waals surface area contributed by atoms with Crippen LogP contribution in [-0.2, 0) is 0 Å². The summed E-state index contributed by atoms with van der Waals surface area (Å²) in [6.45, 7) is 1.82. The first-order valence-electron chi connectivity index (χ1n) is 7.31. The molecule has 1 aromatic heterocycles. The minimum absolute atomic E-state index is 0.00598. The fourth-order valence-corrected chi connectivity index (χ4v) is 2.60. The Morgan fingerprint density at radius 1 is 1.28 bits per heavy atom. The number of amides is 1. The van der Waals surface area contributed by atoms with E-state index in [9.17, 15) is 14.9 Å². The minimum Gasteiger partial charge on any atom is -0.350 e. The van der Waals surface area contributed by atoms with Gasteiger partial charge in [-0.05, 0) is 48.4 Å². The summed E-state index contributed by atoms with van der Waals surface area (Å²) in [6.07, 6.45) is 1.41. The molecule has 0 unspecified atom stereocenters. The monoisotopic (exact) mass is 356 g/mol. The van der Waals surface area contributed by atoms with E-state index in [2.05, 4.69) is 15.5 Å². The molecule has 0 bridgehead atoms. The van der Waals surface area contributed by atoms with Crippen LogP contribution in [0.4, 0.5) is 5.69 Å². The Bertz CT molecular complexity index is 993.